The van der Waals surface area contributed by atoms with Crippen molar-refractivity contribution in [2.45, 2.75) is 26.3 Å². The first-order valence-corrected chi connectivity index (χ1v) is 6.65. The van der Waals surface area contributed by atoms with E-state index in [2.05, 4.69) is 0 Å². The second-order valence-corrected chi connectivity index (χ2v) is 5.26. The van der Waals surface area contributed by atoms with E-state index >= 15 is 0 Å². The van der Waals surface area contributed by atoms with E-state index in [-0.39, 0.29) is 0 Å². The Morgan fingerprint density at radius 3 is 2.65 bits per heavy atom. The summed E-state index contributed by atoms with van der Waals surface area (Å²) in [5.74, 6) is 0.121. The molecule has 5 heteroatoms. The third kappa shape index (κ3) is 2.19. The van der Waals surface area contributed by atoms with Gasteiger partial charge in [-0.25, -0.2) is 4.39 Å². The predicted octanol–water partition coefficient (Wildman–Crippen LogP) is 1.86. The molecule has 1 aliphatic carbocycles. The minimum Gasteiger partial charge on any atom is -0.309 e. The molecular weight excluding hydrogens is 259 g/mol. The van der Waals surface area contributed by atoms with Crippen molar-refractivity contribution in [3.05, 3.63) is 62.7 Å². The maximum absolute atomic E-state index is 13.6. The summed E-state index contributed by atoms with van der Waals surface area (Å²) in [4.78, 5) is 24.2. The SMILES string of the molecule is Cc1c(F)cccc1-n1ccn(CC2CC2)c(=O)c1=O. The average molecular weight is 274 g/mol. The van der Waals surface area contributed by atoms with Crippen molar-refractivity contribution >= 4 is 0 Å². The molecule has 0 aliphatic heterocycles. The monoisotopic (exact) mass is 274 g/mol. The molecule has 1 aromatic heterocycles. The Bertz CT molecular complexity index is 772. The van der Waals surface area contributed by atoms with Gasteiger partial charge in [0, 0.05) is 24.5 Å². The maximum atomic E-state index is 13.6. The third-order valence-electron chi connectivity index (χ3n) is 3.71. The molecular formula is C15H15FN2O2. The van der Waals surface area contributed by atoms with E-state index in [1.165, 1.54) is 27.5 Å². The molecule has 1 fully saturated rings. The number of nitrogens with zero attached hydrogens (tertiary/aromatic N) is 2. The summed E-state index contributed by atoms with van der Waals surface area (Å²) in [6, 6.07) is 4.49. The number of aromatic nitrogens is 2. The smallest absolute Gasteiger partial charge is 0.309 e. The molecule has 1 heterocycles. The normalized spacial score (nSPS) is 14.5. The van der Waals surface area contributed by atoms with E-state index in [4.69, 9.17) is 0 Å². The summed E-state index contributed by atoms with van der Waals surface area (Å²) in [5, 5.41) is 0. The van der Waals surface area contributed by atoms with Gasteiger partial charge in [0.25, 0.3) is 0 Å². The van der Waals surface area contributed by atoms with Crippen LogP contribution in [0.2, 0.25) is 0 Å². The van der Waals surface area contributed by atoms with E-state index in [0.717, 1.165) is 12.8 Å². The third-order valence-corrected chi connectivity index (χ3v) is 3.71. The highest BCUT2D eigenvalue weighted by atomic mass is 19.1. The van der Waals surface area contributed by atoms with Gasteiger partial charge in [-0.3, -0.25) is 14.2 Å². The number of hydrogen-bond donors (Lipinski definition) is 0. The zero-order chi connectivity index (χ0) is 14.3. The van der Waals surface area contributed by atoms with Gasteiger partial charge < -0.3 is 4.57 Å². The summed E-state index contributed by atoms with van der Waals surface area (Å²) in [7, 11) is 0. The molecule has 0 radical (unpaired) electrons. The Morgan fingerprint density at radius 2 is 1.95 bits per heavy atom. The summed E-state index contributed by atoms with van der Waals surface area (Å²) < 4.78 is 16.2. The van der Waals surface area contributed by atoms with Crippen LogP contribution in [0.5, 0.6) is 0 Å². The summed E-state index contributed by atoms with van der Waals surface area (Å²) >= 11 is 0. The molecule has 20 heavy (non-hydrogen) atoms. The highest BCUT2D eigenvalue weighted by Gasteiger charge is 2.22. The summed E-state index contributed by atoms with van der Waals surface area (Å²) in [5.41, 5.74) is -0.426. The van der Waals surface area contributed by atoms with Crippen LogP contribution in [0.4, 0.5) is 4.39 Å². The second kappa shape index (κ2) is 4.74. The maximum Gasteiger partial charge on any atom is 0.320 e. The highest BCUT2D eigenvalue weighted by molar-refractivity contribution is 5.40. The molecule has 4 nitrogen and oxygen atoms in total. The van der Waals surface area contributed by atoms with Crippen LogP contribution in [0, 0.1) is 18.7 Å². The van der Waals surface area contributed by atoms with Gasteiger partial charge >= 0.3 is 11.1 Å². The Balaban J connectivity index is 2.11. The van der Waals surface area contributed by atoms with Crippen molar-refractivity contribution < 1.29 is 4.39 Å². The number of benzene rings is 1. The van der Waals surface area contributed by atoms with Crippen molar-refractivity contribution in [2.24, 2.45) is 5.92 Å². The molecule has 1 saturated carbocycles. The zero-order valence-electron chi connectivity index (χ0n) is 11.2. The van der Waals surface area contributed by atoms with Crippen molar-refractivity contribution in [3.63, 3.8) is 0 Å². The van der Waals surface area contributed by atoms with Gasteiger partial charge in [-0.2, -0.15) is 0 Å². The number of halogens is 1. The lowest BCUT2D eigenvalue weighted by molar-refractivity contribution is 0.590. The highest BCUT2D eigenvalue weighted by Crippen LogP contribution is 2.29. The van der Waals surface area contributed by atoms with Crippen LogP contribution in [-0.4, -0.2) is 9.13 Å². The Morgan fingerprint density at radius 1 is 1.20 bits per heavy atom. The van der Waals surface area contributed by atoms with Crippen LogP contribution in [-0.2, 0) is 6.54 Å². The van der Waals surface area contributed by atoms with Crippen molar-refractivity contribution in [1.29, 1.82) is 0 Å². The Hall–Kier alpha value is -2.17. The lowest BCUT2D eigenvalue weighted by atomic mass is 10.2. The molecule has 0 N–H and O–H groups in total. The standard InChI is InChI=1S/C15H15FN2O2/c1-10-12(16)3-2-4-13(10)18-8-7-17(9-11-5-6-11)14(19)15(18)20/h2-4,7-8,11H,5-6,9H2,1H3. The van der Waals surface area contributed by atoms with E-state index in [9.17, 15) is 14.0 Å². The van der Waals surface area contributed by atoms with Crippen molar-refractivity contribution in [3.8, 4) is 5.69 Å². The molecule has 0 amide bonds. The van der Waals surface area contributed by atoms with E-state index in [1.807, 2.05) is 0 Å². The quantitative estimate of drug-likeness (QED) is 0.802. The molecule has 2 aromatic rings. The summed E-state index contributed by atoms with van der Waals surface area (Å²) in [6.45, 7) is 2.18. The minimum atomic E-state index is -0.637. The van der Waals surface area contributed by atoms with Gasteiger partial charge in [0.1, 0.15) is 5.82 Å². The molecule has 0 saturated heterocycles. The topological polar surface area (TPSA) is 44.0 Å². The number of rotatable bonds is 3. The number of hydrogen-bond acceptors (Lipinski definition) is 2. The Kier molecular flexibility index (Phi) is 3.04. The first-order chi connectivity index (χ1) is 9.58. The molecule has 3 rings (SSSR count). The van der Waals surface area contributed by atoms with Gasteiger partial charge in [-0.15, -0.1) is 0 Å². The van der Waals surface area contributed by atoms with E-state index < -0.39 is 16.9 Å². The molecule has 0 atom stereocenters. The first-order valence-electron chi connectivity index (χ1n) is 6.65. The molecule has 104 valence electrons. The lowest BCUT2D eigenvalue weighted by Gasteiger charge is -2.11. The zero-order valence-corrected chi connectivity index (χ0v) is 11.2. The molecule has 1 aromatic carbocycles. The van der Waals surface area contributed by atoms with E-state index in [0.29, 0.717) is 23.7 Å². The van der Waals surface area contributed by atoms with Gasteiger partial charge in [0.05, 0.1) is 5.69 Å². The van der Waals surface area contributed by atoms with Gasteiger partial charge in [-0.05, 0) is 37.8 Å². The van der Waals surface area contributed by atoms with Gasteiger partial charge in [-0.1, -0.05) is 6.07 Å². The van der Waals surface area contributed by atoms with Gasteiger partial charge in [0.15, 0.2) is 0 Å². The van der Waals surface area contributed by atoms with Crippen molar-refractivity contribution in [1.82, 2.24) is 9.13 Å². The van der Waals surface area contributed by atoms with Crippen LogP contribution in [0.3, 0.4) is 0 Å². The van der Waals surface area contributed by atoms with Crippen LogP contribution in [0.25, 0.3) is 5.69 Å². The van der Waals surface area contributed by atoms with Gasteiger partial charge in [0.2, 0.25) is 0 Å². The molecule has 0 unspecified atom stereocenters. The first kappa shape index (κ1) is 12.8. The molecule has 0 bridgehead atoms. The fourth-order valence-electron chi connectivity index (χ4n) is 2.28. The van der Waals surface area contributed by atoms with Crippen LogP contribution in [0.15, 0.2) is 40.2 Å². The second-order valence-electron chi connectivity index (χ2n) is 5.26. The molecule has 1 aliphatic rings. The average Bonchev–Trinajstić information content (AvgIpc) is 3.23. The Labute approximate surface area is 115 Å². The fraction of sp³-hybridized carbons (Fsp3) is 0.333. The molecule has 0 spiro atoms. The largest absolute Gasteiger partial charge is 0.320 e. The fourth-order valence-corrected chi connectivity index (χ4v) is 2.28. The summed E-state index contributed by atoms with van der Waals surface area (Å²) in [6.07, 6.45) is 5.36. The van der Waals surface area contributed by atoms with Crippen LogP contribution < -0.4 is 11.1 Å². The van der Waals surface area contributed by atoms with Crippen LogP contribution in [0.1, 0.15) is 18.4 Å². The van der Waals surface area contributed by atoms with Crippen molar-refractivity contribution in [2.75, 3.05) is 0 Å². The predicted molar refractivity (Wildman–Crippen MR) is 73.7 cm³/mol. The van der Waals surface area contributed by atoms with Crippen LogP contribution >= 0.6 is 0 Å². The van der Waals surface area contributed by atoms with E-state index in [1.54, 1.807) is 19.2 Å². The lowest BCUT2D eigenvalue weighted by Crippen LogP contribution is -2.40. The minimum absolute atomic E-state index is 0.356.